The van der Waals surface area contributed by atoms with Crippen molar-refractivity contribution in [3.8, 4) is 22.8 Å². The number of hydrogen-bond acceptors (Lipinski definition) is 5. The second-order valence-corrected chi connectivity index (χ2v) is 8.03. The van der Waals surface area contributed by atoms with Crippen LogP contribution in [0.5, 0.6) is 11.5 Å². The minimum absolute atomic E-state index is 0.154. The van der Waals surface area contributed by atoms with E-state index in [4.69, 9.17) is 14.5 Å². The van der Waals surface area contributed by atoms with Crippen molar-refractivity contribution in [2.45, 2.75) is 39.7 Å². The summed E-state index contributed by atoms with van der Waals surface area (Å²) in [5, 5.41) is 5.50. The van der Waals surface area contributed by atoms with Crippen molar-refractivity contribution in [2.75, 3.05) is 25.1 Å². The lowest BCUT2D eigenvalue weighted by molar-refractivity contribution is -0.115. The van der Waals surface area contributed by atoms with Crippen LogP contribution in [0.4, 0.5) is 5.69 Å². The van der Waals surface area contributed by atoms with E-state index < -0.39 is 0 Å². The summed E-state index contributed by atoms with van der Waals surface area (Å²) < 4.78 is 13.3. The zero-order chi connectivity index (χ0) is 23.9. The molecule has 2 heterocycles. The van der Waals surface area contributed by atoms with E-state index in [0.717, 1.165) is 30.0 Å². The molecule has 0 bridgehead atoms. The molecule has 1 aliphatic rings. The molecular formula is C26H30N4O4. The Labute approximate surface area is 199 Å². The highest BCUT2D eigenvalue weighted by molar-refractivity contribution is 5.99. The van der Waals surface area contributed by atoms with E-state index >= 15 is 0 Å². The summed E-state index contributed by atoms with van der Waals surface area (Å²) in [6, 6.07) is 12.5. The van der Waals surface area contributed by atoms with Crippen LogP contribution in [0.15, 0.2) is 48.7 Å². The minimum Gasteiger partial charge on any atom is -0.490 e. The Kier molecular flexibility index (Phi) is 7.47. The van der Waals surface area contributed by atoms with Gasteiger partial charge in [0.15, 0.2) is 11.5 Å². The van der Waals surface area contributed by atoms with Gasteiger partial charge < -0.3 is 24.7 Å². The van der Waals surface area contributed by atoms with Crippen LogP contribution in [0.3, 0.4) is 0 Å². The third kappa shape index (κ3) is 5.57. The van der Waals surface area contributed by atoms with Crippen LogP contribution in [-0.2, 0) is 17.8 Å². The molecule has 0 aliphatic carbocycles. The molecule has 1 aromatic heterocycles. The second kappa shape index (κ2) is 10.9. The van der Waals surface area contributed by atoms with Crippen molar-refractivity contribution in [3.63, 3.8) is 0 Å². The van der Waals surface area contributed by atoms with Crippen LogP contribution in [0, 0.1) is 0 Å². The Morgan fingerprint density at radius 3 is 2.65 bits per heavy atom. The van der Waals surface area contributed by atoms with E-state index in [1.807, 2.05) is 38.1 Å². The number of aryl methyl sites for hydroxylation is 2. The van der Waals surface area contributed by atoms with E-state index in [1.165, 1.54) is 12.8 Å². The van der Waals surface area contributed by atoms with Crippen LogP contribution < -0.4 is 20.1 Å². The topological polar surface area (TPSA) is 94.5 Å². The summed E-state index contributed by atoms with van der Waals surface area (Å²) in [5.41, 5.74) is 2.90. The first-order valence-electron chi connectivity index (χ1n) is 11.7. The third-order valence-electron chi connectivity index (χ3n) is 5.57. The van der Waals surface area contributed by atoms with E-state index in [9.17, 15) is 9.59 Å². The van der Waals surface area contributed by atoms with E-state index in [0.29, 0.717) is 36.0 Å². The first-order valence-corrected chi connectivity index (χ1v) is 11.7. The maximum atomic E-state index is 12.6. The molecule has 0 radical (unpaired) electrons. The van der Waals surface area contributed by atoms with Gasteiger partial charge in [-0.15, -0.1) is 0 Å². The van der Waals surface area contributed by atoms with Gasteiger partial charge >= 0.3 is 0 Å². The van der Waals surface area contributed by atoms with Gasteiger partial charge in [0.1, 0.15) is 5.82 Å². The summed E-state index contributed by atoms with van der Waals surface area (Å²) in [5.74, 6) is 1.51. The molecule has 1 aliphatic heterocycles. The molecule has 178 valence electrons. The molecule has 0 unspecified atom stereocenters. The van der Waals surface area contributed by atoms with Gasteiger partial charge in [0, 0.05) is 36.0 Å². The summed E-state index contributed by atoms with van der Waals surface area (Å²) in [6.07, 6.45) is 5.41. The SMILES string of the molecule is CCOc1ccc(C(=O)NCC(=O)Nc2cccc(-c3cn4c(n3)CCCC4)c2)cc1OCC. The zero-order valence-corrected chi connectivity index (χ0v) is 19.6. The number of fused-ring (bicyclic) bond motifs is 1. The van der Waals surface area contributed by atoms with Crippen LogP contribution >= 0.6 is 0 Å². The van der Waals surface area contributed by atoms with Gasteiger partial charge in [-0.25, -0.2) is 4.98 Å². The highest BCUT2D eigenvalue weighted by atomic mass is 16.5. The maximum Gasteiger partial charge on any atom is 0.251 e. The van der Waals surface area contributed by atoms with Crippen LogP contribution in [0.25, 0.3) is 11.3 Å². The largest absolute Gasteiger partial charge is 0.490 e. The van der Waals surface area contributed by atoms with Gasteiger partial charge in [-0.3, -0.25) is 9.59 Å². The van der Waals surface area contributed by atoms with Crippen molar-refractivity contribution < 1.29 is 19.1 Å². The lowest BCUT2D eigenvalue weighted by Gasteiger charge is -2.12. The lowest BCUT2D eigenvalue weighted by atomic mass is 10.1. The number of aromatic nitrogens is 2. The second-order valence-electron chi connectivity index (χ2n) is 8.03. The van der Waals surface area contributed by atoms with Crippen molar-refractivity contribution >= 4 is 17.5 Å². The highest BCUT2D eigenvalue weighted by Gasteiger charge is 2.15. The number of imidazole rings is 1. The first-order chi connectivity index (χ1) is 16.6. The Morgan fingerprint density at radius 2 is 1.85 bits per heavy atom. The van der Waals surface area contributed by atoms with Crippen molar-refractivity contribution in [1.82, 2.24) is 14.9 Å². The molecule has 0 fully saturated rings. The summed E-state index contributed by atoms with van der Waals surface area (Å²) in [7, 11) is 0. The van der Waals surface area contributed by atoms with Gasteiger partial charge in [-0.05, 0) is 57.0 Å². The molecule has 0 saturated carbocycles. The Balaban J connectivity index is 1.36. The molecule has 2 N–H and O–H groups in total. The molecule has 34 heavy (non-hydrogen) atoms. The first kappa shape index (κ1) is 23.4. The van der Waals surface area contributed by atoms with E-state index in [-0.39, 0.29) is 18.4 Å². The smallest absolute Gasteiger partial charge is 0.251 e. The summed E-state index contributed by atoms with van der Waals surface area (Å²) >= 11 is 0. The number of anilines is 1. The number of hydrogen-bond donors (Lipinski definition) is 2. The Hall–Kier alpha value is -3.81. The molecule has 2 aromatic carbocycles. The Bertz CT molecular complexity index is 1150. The zero-order valence-electron chi connectivity index (χ0n) is 19.6. The predicted molar refractivity (Wildman–Crippen MR) is 130 cm³/mol. The molecule has 0 spiro atoms. The van der Waals surface area contributed by atoms with Crippen LogP contribution in [0.1, 0.15) is 42.9 Å². The van der Waals surface area contributed by atoms with Gasteiger partial charge in [-0.2, -0.15) is 0 Å². The molecule has 8 heteroatoms. The molecular weight excluding hydrogens is 432 g/mol. The number of nitrogens with one attached hydrogen (secondary N) is 2. The van der Waals surface area contributed by atoms with Gasteiger partial charge in [0.25, 0.3) is 5.91 Å². The monoisotopic (exact) mass is 462 g/mol. The molecule has 2 amide bonds. The molecule has 0 atom stereocenters. The highest BCUT2D eigenvalue weighted by Crippen LogP contribution is 2.28. The molecule has 8 nitrogen and oxygen atoms in total. The quantitative estimate of drug-likeness (QED) is 0.500. The molecule has 4 rings (SSSR count). The molecule has 0 saturated heterocycles. The van der Waals surface area contributed by atoms with Gasteiger partial charge in [0.2, 0.25) is 5.91 Å². The van der Waals surface area contributed by atoms with Crippen molar-refractivity contribution in [3.05, 3.63) is 60.0 Å². The number of ether oxygens (including phenoxy) is 2. The van der Waals surface area contributed by atoms with E-state index in [1.54, 1.807) is 18.2 Å². The average molecular weight is 463 g/mol. The molecule has 3 aromatic rings. The van der Waals surface area contributed by atoms with Crippen molar-refractivity contribution in [1.29, 1.82) is 0 Å². The number of rotatable bonds is 9. The fourth-order valence-corrected chi connectivity index (χ4v) is 3.97. The third-order valence-corrected chi connectivity index (χ3v) is 5.57. The standard InChI is InChI=1S/C26H30N4O4/c1-3-33-22-12-11-19(15-23(22)34-4-2)26(32)27-16-25(31)28-20-9-7-8-18(14-20)21-17-30-13-6-5-10-24(30)29-21/h7-9,11-12,14-15,17H,3-6,10,13,16H2,1-2H3,(H,27,32)(H,28,31). The van der Waals surface area contributed by atoms with Crippen LogP contribution in [0.2, 0.25) is 0 Å². The number of carbonyl (C=O) groups excluding carboxylic acids is 2. The maximum absolute atomic E-state index is 12.6. The van der Waals surface area contributed by atoms with Crippen molar-refractivity contribution in [2.24, 2.45) is 0 Å². The normalized spacial score (nSPS) is 12.5. The summed E-state index contributed by atoms with van der Waals surface area (Å²) in [4.78, 5) is 29.8. The fraction of sp³-hybridized carbons (Fsp3) is 0.346. The number of carbonyl (C=O) groups is 2. The Morgan fingerprint density at radius 1 is 1.03 bits per heavy atom. The average Bonchev–Trinajstić information content (AvgIpc) is 3.29. The minimum atomic E-state index is -0.364. The van der Waals surface area contributed by atoms with E-state index in [2.05, 4.69) is 21.4 Å². The van der Waals surface area contributed by atoms with Crippen LogP contribution in [-0.4, -0.2) is 41.1 Å². The summed E-state index contributed by atoms with van der Waals surface area (Å²) in [6.45, 7) is 5.54. The number of benzene rings is 2. The van der Waals surface area contributed by atoms with Gasteiger partial charge in [-0.1, -0.05) is 12.1 Å². The van der Waals surface area contributed by atoms with Gasteiger partial charge in [0.05, 0.1) is 25.5 Å². The number of amides is 2. The fourth-order valence-electron chi connectivity index (χ4n) is 3.97. The number of nitrogens with zero attached hydrogens (tertiary/aromatic N) is 2. The predicted octanol–water partition coefficient (Wildman–Crippen LogP) is 4.05. The lowest BCUT2D eigenvalue weighted by Crippen LogP contribution is -2.32.